The van der Waals surface area contributed by atoms with Crippen molar-refractivity contribution < 1.29 is 0 Å². The minimum atomic E-state index is 0.932. The third kappa shape index (κ3) is 2.84. The molecule has 0 aliphatic rings. The summed E-state index contributed by atoms with van der Waals surface area (Å²) in [6.45, 7) is 2.05. The minimum Gasteiger partial charge on any atom is -0.248 e. The van der Waals surface area contributed by atoms with Crippen LogP contribution < -0.4 is 0 Å². The molecule has 0 aliphatic carbocycles. The predicted molar refractivity (Wildman–Crippen MR) is 72.7 cm³/mol. The molecule has 0 amide bonds. The lowest BCUT2D eigenvalue weighted by molar-refractivity contribution is 1.06. The van der Waals surface area contributed by atoms with Crippen LogP contribution in [0.2, 0.25) is 0 Å². The second-order valence-electron chi connectivity index (χ2n) is 3.16. The van der Waals surface area contributed by atoms with Gasteiger partial charge in [-0.05, 0) is 74.3 Å². The molecule has 5 heteroatoms. The van der Waals surface area contributed by atoms with Crippen molar-refractivity contribution in [2.45, 2.75) is 17.0 Å². The molecule has 16 heavy (non-hydrogen) atoms. The van der Waals surface area contributed by atoms with Crippen LogP contribution in [0.4, 0.5) is 0 Å². The monoisotopic (exact) mass is 358 g/mol. The third-order valence-electron chi connectivity index (χ3n) is 1.95. The van der Waals surface area contributed by atoms with Crippen LogP contribution in [0.15, 0.2) is 49.6 Å². The van der Waals surface area contributed by atoms with Crippen LogP contribution in [0.5, 0.6) is 0 Å². The summed E-state index contributed by atoms with van der Waals surface area (Å²) in [4.78, 5) is 8.62. The Morgan fingerprint density at radius 2 is 1.94 bits per heavy atom. The Morgan fingerprint density at radius 1 is 1.12 bits per heavy atom. The summed E-state index contributed by atoms with van der Waals surface area (Å²) in [7, 11) is 0. The maximum absolute atomic E-state index is 4.32. The van der Waals surface area contributed by atoms with Gasteiger partial charge in [-0.2, -0.15) is 0 Å². The lowest BCUT2D eigenvalue weighted by Crippen LogP contribution is -1.86. The SMILES string of the molecule is Cc1ccnc(Sc2ccc(Br)cn2)c1Br. The van der Waals surface area contributed by atoms with Crippen LogP contribution in [-0.2, 0) is 0 Å². The summed E-state index contributed by atoms with van der Waals surface area (Å²) in [5.41, 5.74) is 1.18. The number of hydrogen-bond donors (Lipinski definition) is 0. The highest BCUT2D eigenvalue weighted by Crippen LogP contribution is 2.32. The van der Waals surface area contributed by atoms with E-state index in [2.05, 4.69) is 41.8 Å². The van der Waals surface area contributed by atoms with E-state index < -0.39 is 0 Å². The molecular weight excluding hydrogens is 352 g/mol. The summed E-state index contributed by atoms with van der Waals surface area (Å²) >= 11 is 8.44. The smallest absolute Gasteiger partial charge is 0.117 e. The summed E-state index contributed by atoms with van der Waals surface area (Å²) in [6.07, 6.45) is 3.59. The van der Waals surface area contributed by atoms with E-state index in [9.17, 15) is 0 Å². The molecular formula is C11H8Br2N2S. The first kappa shape index (κ1) is 12.1. The van der Waals surface area contributed by atoms with Crippen molar-refractivity contribution in [3.05, 3.63) is 45.1 Å². The van der Waals surface area contributed by atoms with Gasteiger partial charge in [0.25, 0.3) is 0 Å². The van der Waals surface area contributed by atoms with Gasteiger partial charge in [0.05, 0.1) is 4.47 Å². The maximum Gasteiger partial charge on any atom is 0.117 e. The molecule has 0 spiro atoms. The molecule has 0 saturated carbocycles. The lowest BCUT2D eigenvalue weighted by atomic mass is 10.3. The molecule has 0 unspecified atom stereocenters. The Hall–Kier alpha value is -0.390. The first-order chi connectivity index (χ1) is 7.66. The predicted octanol–water partition coefficient (Wildman–Crippen LogP) is 4.46. The molecule has 2 nitrogen and oxygen atoms in total. The topological polar surface area (TPSA) is 25.8 Å². The standard InChI is InChI=1S/C11H8Br2N2S/c1-7-4-5-14-11(10(7)13)16-9-3-2-8(12)6-15-9/h2-6H,1H3. The van der Waals surface area contributed by atoms with Gasteiger partial charge in [0.1, 0.15) is 10.1 Å². The van der Waals surface area contributed by atoms with Crippen molar-refractivity contribution in [1.82, 2.24) is 9.97 Å². The first-order valence-corrected chi connectivity index (χ1v) is 6.97. The van der Waals surface area contributed by atoms with Crippen LogP contribution in [-0.4, -0.2) is 9.97 Å². The summed E-state index contributed by atoms with van der Waals surface area (Å²) in [6, 6.07) is 5.91. The van der Waals surface area contributed by atoms with Gasteiger partial charge in [-0.25, -0.2) is 9.97 Å². The van der Waals surface area contributed by atoms with Gasteiger partial charge in [-0.3, -0.25) is 0 Å². The van der Waals surface area contributed by atoms with Crippen LogP contribution in [0.3, 0.4) is 0 Å². The summed E-state index contributed by atoms with van der Waals surface area (Å²) in [5.74, 6) is 0. The second kappa shape index (κ2) is 5.29. The molecule has 2 aromatic rings. The minimum absolute atomic E-state index is 0.932. The normalized spacial score (nSPS) is 10.4. The van der Waals surface area contributed by atoms with E-state index in [1.165, 1.54) is 5.56 Å². The molecule has 0 aliphatic heterocycles. The Balaban J connectivity index is 2.27. The summed E-state index contributed by atoms with van der Waals surface area (Å²) in [5, 5.41) is 1.87. The second-order valence-corrected chi connectivity index (χ2v) is 5.88. The van der Waals surface area contributed by atoms with Crippen LogP contribution in [0.1, 0.15) is 5.56 Å². The highest BCUT2D eigenvalue weighted by molar-refractivity contribution is 9.10. The zero-order valence-corrected chi connectivity index (χ0v) is 12.4. The maximum atomic E-state index is 4.32. The van der Waals surface area contributed by atoms with Gasteiger partial charge in [-0.1, -0.05) is 0 Å². The van der Waals surface area contributed by atoms with E-state index in [-0.39, 0.29) is 0 Å². The fraction of sp³-hybridized carbons (Fsp3) is 0.0909. The van der Waals surface area contributed by atoms with Gasteiger partial charge >= 0.3 is 0 Å². The average Bonchev–Trinajstić information content (AvgIpc) is 2.28. The Kier molecular flexibility index (Phi) is 4.00. The van der Waals surface area contributed by atoms with E-state index in [1.807, 2.05) is 25.1 Å². The van der Waals surface area contributed by atoms with Crippen molar-refractivity contribution in [2.75, 3.05) is 0 Å². The van der Waals surface area contributed by atoms with Gasteiger partial charge in [0.2, 0.25) is 0 Å². The Labute approximate surface area is 115 Å². The van der Waals surface area contributed by atoms with E-state index in [0.717, 1.165) is 19.0 Å². The van der Waals surface area contributed by atoms with Gasteiger partial charge in [0.15, 0.2) is 0 Å². The van der Waals surface area contributed by atoms with Crippen molar-refractivity contribution in [2.24, 2.45) is 0 Å². The van der Waals surface area contributed by atoms with Crippen molar-refractivity contribution >= 4 is 43.6 Å². The molecule has 0 fully saturated rings. The fourth-order valence-corrected chi connectivity index (χ4v) is 2.62. The van der Waals surface area contributed by atoms with Crippen LogP contribution >= 0.6 is 43.6 Å². The Morgan fingerprint density at radius 3 is 2.62 bits per heavy atom. The largest absolute Gasteiger partial charge is 0.248 e. The van der Waals surface area contributed by atoms with Gasteiger partial charge in [-0.15, -0.1) is 0 Å². The molecule has 2 heterocycles. The molecule has 2 rings (SSSR count). The number of aryl methyl sites for hydroxylation is 1. The highest BCUT2D eigenvalue weighted by atomic mass is 79.9. The van der Waals surface area contributed by atoms with E-state index >= 15 is 0 Å². The molecule has 82 valence electrons. The lowest BCUT2D eigenvalue weighted by Gasteiger charge is -2.04. The molecule has 0 radical (unpaired) electrons. The fourth-order valence-electron chi connectivity index (χ4n) is 1.11. The number of halogens is 2. The van der Waals surface area contributed by atoms with Crippen LogP contribution in [0.25, 0.3) is 0 Å². The zero-order chi connectivity index (χ0) is 11.5. The molecule has 0 bridgehead atoms. The number of nitrogens with zero attached hydrogens (tertiary/aromatic N) is 2. The molecule has 2 aromatic heterocycles. The number of pyridine rings is 2. The number of rotatable bonds is 2. The van der Waals surface area contributed by atoms with E-state index in [0.29, 0.717) is 0 Å². The van der Waals surface area contributed by atoms with Crippen molar-refractivity contribution in [1.29, 1.82) is 0 Å². The Bertz CT molecular complexity index is 500. The van der Waals surface area contributed by atoms with E-state index in [4.69, 9.17) is 0 Å². The van der Waals surface area contributed by atoms with Crippen molar-refractivity contribution in [3.63, 3.8) is 0 Å². The highest BCUT2D eigenvalue weighted by Gasteiger charge is 2.06. The quantitative estimate of drug-likeness (QED) is 0.791. The van der Waals surface area contributed by atoms with Crippen molar-refractivity contribution in [3.8, 4) is 0 Å². The van der Waals surface area contributed by atoms with Gasteiger partial charge in [0, 0.05) is 16.9 Å². The molecule has 0 atom stereocenters. The van der Waals surface area contributed by atoms with Crippen LogP contribution in [0, 0.1) is 6.92 Å². The molecule has 0 N–H and O–H groups in total. The summed E-state index contributed by atoms with van der Waals surface area (Å²) < 4.78 is 2.01. The van der Waals surface area contributed by atoms with E-state index in [1.54, 1.807) is 24.2 Å². The zero-order valence-electron chi connectivity index (χ0n) is 8.45. The van der Waals surface area contributed by atoms with Gasteiger partial charge < -0.3 is 0 Å². The first-order valence-electron chi connectivity index (χ1n) is 4.57. The number of hydrogen-bond acceptors (Lipinski definition) is 3. The average molecular weight is 360 g/mol. The third-order valence-corrected chi connectivity index (χ3v) is 4.64. The molecule has 0 saturated heterocycles. The molecule has 0 aromatic carbocycles. The number of aromatic nitrogens is 2.